The Morgan fingerprint density at radius 1 is 0.308 bits per heavy atom. The van der Waals surface area contributed by atoms with Crippen molar-refractivity contribution in [2.24, 2.45) is 11.3 Å². The van der Waals surface area contributed by atoms with Crippen LogP contribution in [0.3, 0.4) is 0 Å². The Hall–Kier alpha value is -3.05. The summed E-state index contributed by atoms with van der Waals surface area (Å²) in [5.74, 6) is -4.41. The highest BCUT2D eigenvalue weighted by atomic mass is 16.6. The Bertz CT molecular complexity index is 2120. The van der Waals surface area contributed by atoms with Crippen LogP contribution in [0.4, 0.5) is 0 Å². The molecule has 0 radical (unpaired) electrons. The zero-order valence-corrected chi connectivity index (χ0v) is 66.9. The summed E-state index contributed by atoms with van der Waals surface area (Å²) in [6, 6.07) is 0. The quantitative estimate of drug-likeness (QED) is 0.0116. The van der Waals surface area contributed by atoms with Crippen LogP contribution in [0, 0.1) is 11.3 Å². The molecule has 0 aromatic rings. The van der Waals surface area contributed by atoms with Crippen LogP contribution in [0.2, 0.25) is 0 Å². The first-order valence-electron chi connectivity index (χ1n) is 42.2. The molecule has 23 nitrogen and oxygen atoms in total. The second kappa shape index (κ2) is 69.6. The van der Waals surface area contributed by atoms with Crippen molar-refractivity contribution >= 4 is 17.9 Å². The minimum absolute atomic E-state index is 0.123. The first kappa shape index (κ1) is 104. The van der Waals surface area contributed by atoms with Crippen molar-refractivity contribution in [1.82, 2.24) is 0 Å². The third-order valence-corrected chi connectivity index (χ3v) is 20.7. The Morgan fingerprint density at radius 2 is 0.617 bits per heavy atom. The maximum absolute atomic E-state index is 14.9. The highest BCUT2D eigenvalue weighted by Gasteiger charge is 2.70. The fourth-order valence-electron chi connectivity index (χ4n) is 14.8. The summed E-state index contributed by atoms with van der Waals surface area (Å²) in [4.78, 5) is 43.5. The zero-order chi connectivity index (χ0) is 79.5. The number of esters is 3. The molecule has 0 aliphatic heterocycles. The van der Waals surface area contributed by atoms with Crippen LogP contribution < -0.4 is 0 Å². The standard InChI is InChI=1S/C84H158O23/c1-4-7-10-13-16-19-22-25-28-31-34-37-40-43-46-49-79(100)103-68-78(107-81(102)51-48-45-42-39-36-33-30-27-24-21-18-15-12-9-6-3)77(52-69(93)58-85)82(53-70(94)59-86,57-76(65-92)106-80(101)50-47-44-41-38-35-32-29-26-23-20-17-14-11-8-5-2)84(56-73(97)62-89,105-67-75(99)64-91)83(54-71(95)60-87,55-72(96)61-88)104-66-74(98)63-90/h25-30,69-78,85-99H,4-24,31-68H2,1-3H3/b28-25-,29-26-,30-27-. The lowest BCUT2D eigenvalue weighted by Crippen LogP contribution is -2.74. The van der Waals surface area contributed by atoms with Gasteiger partial charge in [0, 0.05) is 49.9 Å². The highest BCUT2D eigenvalue weighted by molar-refractivity contribution is 5.70. The van der Waals surface area contributed by atoms with E-state index in [0.29, 0.717) is 38.5 Å². The number of hydrogen-bond acceptors (Lipinski definition) is 23. The number of carbonyl (C=O) groups excluding carboxylic acids is 3. The van der Waals surface area contributed by atoms with Gasteiger partial charge in [-0.05, 0) is 116 Å². The predicted octanol–water partition coefficient (Wildman–Crippen LogP) is 11.4. The van der Waals surface area contributed by atoms with Gasteiger partial charge in [0.05, 0.1) is 96.6 Å². The van der Waals surface area contributed by atoms with Crippen LogP contribution in [0.15, 0.2) is 36.5 Å². The molecule has 0 saturated carbocycles. The lowest BCUT2D eigenvalue weighted by atomic mass is 9.48. The molecule has 0 heterocycles. The van der Waals surface area contributed by atoms with E-state index in [0.717, 1.165) is 116 Å². The highest BCUT2D eigenvalue weighted by Crippen LogP contribution is 2.62. The summed E-state index contributed by atoms with van der Waals surface area (Å²) in [5.41, 5.74) is -8.49. The Morgan fingerprint density at radius 3 is 0.972 bits per heavy atom. The molecule has 0 bridgehead atoms. The van der Waals surface area contributed by atoms with Crippen LogP contribution in [0.1, 0.15) is 329 Å². The van der Waals surface area contributed by atoms with Crippen molar-refractivity contribution in [2.75, 3.05) is 72.7 Å². The van der Waals surface area contributed by atoms with Crippen molar-refractivity contribution in [2.45, 2.75) is 395 Å². The van der Waals surface area contributed by atoms with Crippen molar-refractivity contribution in [3.05, 3.63) is 36.5 Å². The number of carbonyl (C=O) groups is 3. The van der Waals surface area contributed by atoms with E-state index in [2.05, 4.69) is 57.2 Å². The molecule has 0 rings (SSSR count). The molecule has 0 fully saturated rings. The predicted molar refractivity (Wildman–Crippen MR) is 419 cm³/mol. The molecular weight excluding hydrogens is 1380 g/mol. The second-order valence-corrected chi connectivity index (χ2v) is 30.3. The summed E-state index contributed by atoms with van der Waals surface area (Å²) in [5, 5.41) is 171. The third kappa shape index (κ3) is 49.3. The lowest BCUT2D eigenvalue weighted by Gasteiger charge is -2.64. The molecule has 632 valence electrons. The molecule has 0 spiro atoms. The van der Waals surface area contributed by atoms with Gasteiger partial charge in [-0.15, -0.1) is 0 Å². The van der Waals surface area contributed by atoms with Crippen LogP contribution in [0.25, 0.3) is 0 Å². The van der Waals surface area contributed by atoms with Crippen LogP contribution in [-0.2, 0) is 38.1 Å². The first-order valence-corrected chi connectivity index (χ1v) is 42.2. The van der Waals surface area contributed by atoms with Gasteiger partial charge in [0.1, 0.15) is 42.2 Å². The van der Waals surface area contributed by atoms with Crippen LogP contribution in [0.5, 0.6) is 0 Å². The molecule has 23 heteroatoms. The fraction of sp³-hybridized carbons (Fsp3) is 0.893. The van der Waals surface area contributed by atoms with Gasteiger partial charge in [0.25, 0.3) is 0 Å². The molecule has 0 aliphatic rings. The smallest absolute Gasteiger partial charge is 0.306 e. The van der Waals surface area contributed by atoms with Crippen molar-refractivity contribution in [3.63, 3.8) is 0 Å². The van der Waals surface area contributed by atoms with Gasteiger partial charge in [0.2, 0.25) is 0 Å². The number of hydrogen-bond donors (Lipinski definition) is 15. The van der Waals surface area contributed by atoms with E-state index in [1.54, 1.807) is 0 Å². The molecule has 0 aromatic heterocycles. The second-order valence-electron chi connectivity index (χ2n) is 30.3. The topological polar surface area (TPSA) is 401 Å². The molecule has 12 atom stereocenters. The maximum Gasteiger partial charge on any atom is 0.306 e. The fourth-order valence-corrected chi connectivity index (χ4v) is 14.8. The molecule has 0 amide bonds. The SMILES string of the molecule is CCCCCCCC/C=C\CCCCCCCC(=O)OCC(OC(=O)CCCCCCC/C=C\CCCCCCCC)C(CC(O)CO)C(CC(O)CO)(CC(CO)OC(=O)CCCCCCC/C=C\CCCCCCCC)C(CC(O)CO)(OCC(O)CO)C(CC(O)CO)(CC(O)CO)OCC(O)CO. The molecular formula is C84H158O23. The van der Waals surface area contributed by atoms with Gasteiger partial charge < -0.3 is 100 Å². The van der Waals surface area contributed by atoms with Gasteiger partial charge in [-0.2, -0.15) is 0 Å². The minimum Gasteiger partial charge on any atom is -0.462 e. The number of aliphatic hydroxyl groups is 15. The number of unbranched alkanes of at least 4 members (excludes halogenated alkanes) is 33. The van der Waals surface area contributed by atoms with E-state index >= 15 is 0 Å². The average Bonchev–Trinajstić information content (AvgIpc) is 0.699. The first-order chi connectivity index (χ1) is 51.8. The molecule has 15 N–H and O–H groups in total. The Balaban J connectivity index is 8.53. The number of aliphatic hydroxyl groups excluding tert-OH is 15. The van der Waals surface area contributed by atoms with Gasteiger partial charge >= 0.3 is 17.9 Å². The molecule has 107 heavy (non-hydrogen) atoms. The van der Waals surface area contributed by atoms with E-state index < -0.39 is 207 Å². The summed E-state index contributed by atoms with van der Waals surface area (Å²) in [6.07, 6.45) is 27.8. The third-order valence-electron chi connectivity index (χ3n) is 20.7. The molecule has 12 unspecified atom stereocenters. The average molecular weight is 1540 g/mol. The van der Waals surface area contributed by atoms with E-state index in [-0.39, 0.29) is 19.3 Å². The van der Waals surface area contributed by atoms with Crippen molar-refractivity contribution in [1.29, 1.82) is 0 Å². The maximum atomic E-state index is 14.9. The lowest BCUT2D eigenvalue weighted by molar-refractivity contribution is -0.324. The number of rotatable bonds is 79. The normalized spacial score (nSPS) is 16.8. The van der Waals surface area contributed by atoms with E-state index in [1.807, 2.05) is 0 Å². The summed E-state index contributed by atoms with van der Waals surface area (Å²) in [6.45, 7) is -5.07. The van der Waals surface area contributed by atoms with E-state index in [9.17, 15) is 91.0 Å². The van der Waals surface area contributed by atoms with Crippen LogP contribution in [-0.4, -0.2) is 233 Å². The van der Waals surface area contributed by atoms with E-state index in [4.69, 9.17) is 23.7 Å². The van der Waals surface area contributed by atoms with Gasteiger partial charge in [-0.1, -0.05) is 211 Å². The van der Waals surface area contributed by atoms with Crippen molar-refractivity contribution in [3.8, 4) is 0 Å². The Kier molecular flexibility index (Phi) is 67.7. The molecule has 0 aliphatic carbocycles. The number of ether oxygens (including phenoxy) is 5. The Labute approximate surface area is 645 Å². The van der Waals surface area contributed by atoms with Gasteiger partial charge in [-0.25, -0.2) is 0 Å². The van der Waals surface area contributed by atoms with Gasteiger partial charge in [-0.3, -0.25) is 14.4 Å². The number of allylic oxidation sites excluding steroid dienone is 6. The van der Waals surface area contributed by atoms with E-state index in [1.165, 1.54) is 96.3 Å². The summed E-state index contributed by atoms with van der Waals surface area (Å²) < 4.78 is 32.5. The van der Waals surface area contributed by atoms with Gasteiger partial charge in [0.15, 0.2) is 0 Å². The van der Waals surface area contributed by atoms with Crippen molar-refractivity contribution < 1.29 is 115 Å². The monoisotopic (exact) mass is 1540 g/mol. The summed E-state index contributed by atoms with van der Waals surface area (Å²) in [7, 11) is 0. The molecule has 0 saturated heterocycles. The zero-order valence-electron chi connectivity index (χ0n) is 66.9. The summed E-state index contributed by atoms with van der Waals surface area (Å²) >= 11 is 0. The van der Waals surface area contributed by atoms with Crippen LogP contribution >= 0.6 is 0 Å². The minimum atomic E-state index is -3.00. The largest absolute Gasteiger partial charge is 0.462 e. The molecule has 0 aromatic carbocycles.